The highest BCUT2D eigenvalue weighted by atomic mass is 35.5. The summed E-state index contributed by atoms with van der Waals surface area (Å²) < 4.78 is 5.82. The van der Waals surface area contributed by atoms with E-state index in [0.29, 0.717) is 6.10 Å². The maximum absolute atomic E-state index is 11.1. The maximum atomic E-state index is 11.1. The average Bonchev–Trinajstić information content (AvgIpc) is 2.84. The summed E-state index contributed by atoms with van der Waals surface area (Å²) >= 11 is 5.41. The van der Waals surface area contributed by atoms with Gasteiger partial charge in [0.2, 0.25) is 5.91 Å². The second-order valence-corrected chi connectivity index (χ2v) is 4.50. The number of rotatable bonds is 4. The zero-order chi connectivity index (χ0) is 12.1. The van der Waals surface area contributed by atoms with Crippen molar-refractivity contribution in [2.24, 2.45) is 0 Å². The number of ether oxygens (including phenoxy) is 1. The van der Waals surface area contributed by atoms with Gasteiger partial charge in [-0.1, -0.05) is 0 Å². The highest BCUT2D eigenvalue weighted by Gasteiger charge is 2.16. The number of alkyl halides is 1. The number of hydrogen-bond donors (Lipinski definition) is 1. The van der Waals surface area contributed by atoms with E-state index in [1.165, 1.54) is 12.8 Å². The van der Waals surface area contributed by atoms with E-state index in [-0.39, 0.29) is 11.8 Å². The third-order valence-electron chi connectivity index (χ3n) is 2.86. The average molecular weight is 254 g/mol. The van der Waals surface area contributed by atoms with Gasteiger partial charge in [0.1, 0.15) is 11.6 Å². The van der Waals surface area contributed by atoms with Crippen molar-refractivity contribution in [1.82, 2.24) is 0 Å². The van der Waals surface area contributed by atoms with Crippen LogP contribution in [0.1, 0.15) is 25.7 Å². The molecule has 0 aliphatic heterocycles. The fourth-order valence-corrected chi connectivity index (χ4v) is 2.08. The van der Waals surface area contributed by atoms with Gasteiger partial charge in [-0.15, -0.1) is 11.6 Å². The van der Waals surface area contributed by atoms with Crippen LogP contribution in [-0.4, -0.2) is 17.9 Å². The minimum absolute atomic E-state index is 0.0275. The molecule has 0 bridgehead atoms. The topological polar surface area (TPSA) is 38.3 Å². The van der Waals surface area contributed by atoms with Crippen molar-refractivity contribution >= 4 is 23.2 Å². The molecule has 1 saturated carbocycles. The molecule has 0 saturated heterocycles. The molecule has 4 heteroatoms. The molecule has 17 heavy (non-hydrogen) atoms. The van der Waals surface area contributed by atoms with Crippen molar-refractivity contribution in [2.75, 3.05) is 11.2 Å². The lowest BCUT2D eigenvalue weighted by Gasteiger charge is -2.13. The predicted octanol–water partition coefficient (Wildman–Crippen LogP) is 3.19. The van der Waals surface area contributed by atoms with Gasteiger partial charge >= 0.3 is 0 Å². The first-order valence-corrected chi connectivity index (χ1v) is 6.44. The lowest BCUT2D eigenvalue weighted by Crippen LogP contribution is -2.13. The Kier molecular flexibility index (Phi) is 4.26. The summed E-state index contributed by atoms with van der Waals surface area (Å²) in [6.07, 6.45) is 5.16. The van der Waals surface area contributed by atoms with Crippen LogP contribution in [0.4, 0.5) is 5.69 Å². The fourth-order valence-electron chi connectivity index (χ4n) is 2.01. The SMILES string of the molecule is O=C(CCl)Nc1ccc(OC2CCCC2)cc1. The molecular formula is C13H16ClNO2. The highest BCUT2D eigenvalue weighted by molar-refractivity contribution is 6.29. The van der Waals surface area contributed by atoms with Crippen LogP contribution in [0.15, 0.2) is 24.3 Å². The van der Waals surface area contributed by atoms with Gasteiger partial charge in [-0.3, -0.25) is 4.79 Å². The molecule has 0 radical (unpaired) electrons. The summed E-state index contributed by atoms with van der Waals surface area (Å²) in [6, 6.07) is 7.41. The Morgan fingerprint density at radius 2 is 1.94 bits per heavy atom. The van der Waals surface area contributed by atoms with E-state index in [2.05, 4.69) is 5.32 Å². The number of benzene rings is 1. The molecule has 92 valence electrons. The number of hydrogen-bond acceptors (Lipinski definition) is 2. The van der Waals surface area contributed by atoms with Crippen LogP contribution < -0.4 is 10.1 Å². The second kappa shape index (κ2) is 5.92. The standard InChI is InChI=1S/C13H16ClNO2/c14-9-13(16)15-10-5-7-12(8-6-10)17-11-3-1-2-4-11/h5-8,11H,1-4,9H2,(H,15,16). The molecule has 0 heterocycles. The third kappa shape index (κ3) is 3.63. The van der Waals surface area contributed by atoms with E-state index in [0.717, 1.165) is 24.3 Å². The van der Waals surface area contributed by atoms with E-state index in [9.17, 15) is 4.79 Å². The Hall–Kier alpha value is -1.22. The normalized spacial score (nSPS) is 15.8. The first-order valence-electron chi connectivity index (χ1n) is 5.90. The summed E-state index contributed by atoms with van der Waals surface area (Å²) in [6.45, 7) is 0. The van der Waals surface area contributed by atoms with Crippen molar-refractivity contribution in [2.45, 2.75) is 31.8 Å². The van der Waals surface area contributed by atoms with E-state index in [4.69, 9.17) is 16.3 Å². The second-order valence-electron chi connectivity index (χ2n) is 4.23. The summed E-state index contributed by atoms with van der Waals surface area (Å²) in [5, 5.41) is 2.69. The van der Waals surface area contributed by atoms with Crippen molar-refractivity contribution in [3.8, 4) is 5.75 Å². The van der Waals surface area contributed by atoms with Crippen LogP contribution in [-0.2, 0) is 4.79 Å². The van der Waals surface area contributed by atoms with Gasteiger partial charge in [0.05, 0.1) is 6.10 Å². The van der Waals surface area contributed by atoms with Gasteiger partial charge in [0, 0.05) is 5.69 Å². The molecule has 1 aromatic carbocycles. The quantitative estimate of drug-likeness (QED) is 0.837. The van der Waals surface area contributed by atoms with E-state index >= 15 is 0 Å². The van der Waals surface area contributed by atoms with Crippen molar-refractivity contribution in [3.63, 3.8) is 0 Å². The summed E-state index contributed by atoms with van der Waals surface area (Å²) in [7, 11) is 0. The molecular weight excluding hydrogens is 238 g/mol. The number of amides is 1. The molecule has 1 aliphatic rings. The largest absolute Gasteiger partial charge is 0.490 e. The van der Waals surface area contributed by atoms with Gasteiger partial charge in [0.15, 0.2) is 0 Å². The number of carbonyl (C=O) groups is 1. The molecule has 1 amide bonds. The molecule has 0 aromatic heterocycles. The number of anilines is 1. The summed E-state index contributed by atoms with van der Waals surface area (Å²) in [5.74, 6) is 0.636. The third-order valence-corrected chi connectivity index (χ3v) is 3.11. The number of carbonyl (C=O) groups excluding carboxylic acids is 1. The van der Waals surface area contributed by atoms with Gasteiger partial charge < -0.3 is 10.1 Å². The van der Waals surface area contributed by atoms with Gasteiger partial charge in [-0.25, -0.2) is 0 Å². The number of nitrogens with one attached hydrogen (secondary N) is 1. The van der Waals surface area contributed by atoms with Crippen LogP contribution >= 0.6 is 11.6 Å². The van der Waals surface area contributed by atoms with Crippen LogP contribution in [0, 0.1) is 0 Å². The van der Waals surface area contributed by atoms with Gasteiger partial charge in [-0.2, -0.15) is 0 Å². The first-order chi connectivity index (χ1) is 8.28. The Balaban J connectivity index is 1.90. The zero-order valence-electron chi connectivity index (χ0n) is 9.62. The van der Waals surface area contributed by atoms with Gasteiger partial charge in [-0.05, 0) is 49.9 Å². The summed E-state index contributed by atoms with van der Waals surface area (Å²) in [4.78, 5) is 11.1. The van der Waals surface area contributed by atoms with Crippen LogP contribution in [0.2, 0.25) is 0 Å². The number of halogens is 1. The van der Waals surface area contributed by atoms with Crippen molar-refractivity contribution in [3.05, 3.63) is 24.3 Å². The minimum atomic E-state index is -0.198. The lowest BCUT2D eigenvalue weighted by molar-refractivity contribution is -0.113. The monoisotopic (exact) mass is 253 g/mol. The molecule has 1 fully saturated rings. The molecule has 1 N–H and O–H groups in total. The van der Waals surface area contributed by atoms with Gasteiger partial charge in [0.25, 0.3) is 0 Å². The first kappa shape index (κ1) is 12.2. The predicted molar refractivity (Wildman–Crippen MR) is 68.7 cm³/mol. The Morgan fingerprint density at radius 3 is 2.53 bits per heavy atom. The summed E-state index contributed by atoms with van der Waals surface area (Å²) in [5.41, 5.74) is 0.745. The van der Waals surface area contributed by atoms with Crippen molar-refractivity contribution in [1.29, 1.82) is 0 Å². The molecule has 1 aromatic rings. The fraction of sp³-hybridized carbons (Fsp3) is 0.462. The molecule has 3 nitrogen and oxygen atoms in total. The Bertz CT molecular complexity index is 372. The zero-order valence-corrected chi connectivity index (χ0v) is 10.4. The van der Waals surface area contributed by atoms with E-state index < -0.39 is 0 Å². The molecule has 0 unspecified atom stereocenters. The minimum Gasteiger partial charge on any atom is -0.490 e. The smallest absolute Gasteiger partial charge is 0.239 e. The Morgan fingerprint density at radius 1 is 1.29 bits per heavy atom. The highest BCUT2D eigenvalue weighted by Crippen LogP contribution is 2.24. The molecule has 0 spiro atoms. The Labute approximate surface area is 106 Å². The van der Waals surface area contributed by atoms with Crippen LogP contribution in [0.3, 0.4) is 0 Å². The van der Waals surface area contributed by atoms with Crippen LogP contribution in [0.5, 0.6) is 5.75 Å². The molecule has 2 rings (SSSR count). The van der Waals surface area contributed by atoms with E-state index in [1.807, 2.05) is 24.3 Å². The maximum Gasteiger partial charge on any atom is 0.239 e. The lowest BCUT2D eigenvalue weighted by atomic mass is 10.2. The molecule has 1 aliphatic carbocycles. The molecule has 0 atom stereocenters. The van der Waals surface area contributed by atoms with Crippen molar-refractivity contribution < 1.29 is 9.53 Å². The van der Waals surface area contributed by atoms with Crippen LogP contribution in [0.25, 0.3) is 0 Å². The van der Waals surface area contributed by atoms with E-state index in [1.54, 1.807) is 0 Å².